The van der Waals surface area contributed by atoms with Crippen LogP contribution in [0, 0.1) is 5.41 Å². The lowest BCUT2D eigenvalue weighted by Gasteiger charge is -2.34. The molecule has 0 unspecified atom stereocenters. The van der Waals surface area contributed by atoms with Crippen molar-refractivity contribution in [2.75, 3.05) is 44.2 Å². The Bertz CT molecular complexity index is 209. The zero-order valence-corrected chi connectivity index (χ0v) is 11.0. The topological polar surface area (TPSA) is 32.3 Å². The number of nitrogens with zero attached hydrogens (tertiary/aromatic N) is 1. The zero-order valence-electron chi connectivity index (χ0n) is 10.2. The van der Waals surface area contributed by atoms with Crippen LogP contribution >= 0.6 is 0 Å². The first-order valence-electron chi connectivity index (χ1n) is 5.81. The van der Waals surface area contributed by atoms with E-state index >= 15 is 0 Å². The van der Waals surface area contributed by atoms with Gasteiger partial charge < -0.3 is 10.2 Å². The van der Waals surface area contributed by atoms with Gasteiger partial charge in [0, 0.05) is 48.5 Å². The summed E-state index contributed by atoms with van der Waals surface area (Å²) in [5.41, 5.74) is 0.314. The van der Waals surface area contributed by atoms with Crippen LogP contribution in [0.3, 0.4) is 0 Å². The van der Waals surface area contributed by atoms with E-state index in [0.717, 1.165) is 44.2 Å². The van der Waals surface area contributed by atoms with Gasteiger partial charge in [0.05, 0.1) is 0 Å². The first-order chi connectivity index (χ1) is 7.03. The molecular formula is C11H24N2OS. The summed E-state index contributed by atoms with van der Waals surface area (Å²) in [4.78, 5) is 2.44. The van der Waals surface area contributed by atoms with Crippen LogP contribution in [0.1, 0.15) is 20.8 Å². The molecule has 1 heterocycles. The van der Waals surface area contributed by atoms with E-state index in [2.05, 4.69) is 31.0 Å². The van der Waals surface area contributed by atoms with E-state index in [4.69, 9.17) is 0 Å². The molecule has 0 aromatic heterocycles. The van der Waals surface area contributed by atoms with Gasteiger partial charge in [-0.3, -0.25) is 4.21 Å². The Balaban J connectivity index is 2.30. The van der Waals surface area contributed by atoms with E-state index in [-0.39, 0.29) is 0 Å². The summed E-state index contributed by atoms with van der Waals surface area (Å²) in [6.45, 7) is 11.9. The lowest BCUT2D eigenvalue weighted by molar-refractivity contribution is 0.187. The zero-order chi connectivity index (χ0) is 11.3. The number of hydrogen-bond acceptors (Lipinski definition) is 3. The molecule has 1 fully saturated rings. The van der Waals surface area contributed by atoms with Crippen LogP contribution in [0.15, 0.2) is 0 Å². The van der Waals surface area contributed by atoms with Crippen molar-refractivity contribution in [2.24, 2.45) is 5.41 Å². The fourth-order valence-corrected chi connectivity index (χ4v) is 3.09. The highest BCUT2D eigenvalue weighted by atomic mass is 32.2. The minimum absolute atomic E-state index is 0.314. The van der Waals surface area contributed by atoms with Crippen LogP contribution in [0.2, 0.25) is 0 Å². The van der Waals surface area contributed by atoms with Crippen LogP contribution in [-0.4, -0.2) is 53.3 Å². The molecule has 0 aromatic carbocycles. The second kappa shape index (κ2) is 5.97. The lowest BCUT2D eigenvalue weighted by atomic mass is 9.92. The molecular weight excluding hydrogens is 208 g/mol. The Kier molecular flexibility index (Phi) is 5.23. The van der Waals surface area contributed by atoms with Gasteiger partial charge in [-0.1, -0.05) is 20.8 Å². The molecule has 90 valence electrons. The van der Waals surface area contributed by atoms with Gasteiger partial charge in [0.2, 0.25) is 0 Å². The van der Waals surface area contributed by atoms with E-state index in [1.54, 1.807) is 0 Å². The standard InChI is InChI=1S/C11H24N2OS/c1-4-12-9-11(2,3)10-13-5-7-15(14)8-6-13/h12H,4-10H2,1-3H3. The molecule has 1 N–H and O–H groups in total. The number of rotatable bonds is 5. The number of hydrogen-bond donors (Lipinski definition) is 1. The third-order valence-electron chi connectivity index (χ3n) is 2.78. The lowest BCUT2D eigenvalue weighted by Crippen LogP contribution is -2.45. The Hall–Kier alpha value is 0.0700. The second-order valence-electron chi connectivity index (χ2n) is 5.07. The SMILES string of the molecule is CCNCC(C)(C)CN1CCS(=O)CC1. The van der Waals surface area contributed by atoms with Crippen molar-refractivity contribution in [1.29, 1.82) is 0 Å². The monoisotopic (exact) mass is 232 g/mol. The molecule has 4 heteroatoms. The normalized spacial score (nSPS) is 20.7. The minimum Gasteiger partial charge on any atom is -0.316 e. The molecule has 15 heavy (non-hydrogen) atoms. The third-order valence-corrected chi connectivity index (χ3v) is 4.05. The Morgan fingerprint density at radius 2 is 1.93 bits per heavy atom. The maximum absolute atomic E-state index is 11.2. The van der Waals surface area contributed by atoms with Gasteiger partial charge >= 0.3 is 0 Å². The molecule has 1 rings (SSSR count). The summed E-state index contributed by atoms with van der Waals surface area (Å²) >= 11 is 0. The summed E-state index contributed by atoms with van der Waals surface area (Å²) in [5.74, 6) is 1.72. The molecule has 0 spiro atoms. The molecule has 0 aliphatic carbocycles. The second-order valence-corrected chi connectivity index (χ2v) is 6.76. The van der Waals surface area contributed by atoms with Gasteiger partial charge in [-0.25, -0.2) is 0 Å². The highest BCUT2D eigenvalue weighted by molar-refractivity contribution is 7.85. The highest BCUT2D eigenvalue weighted by Gasteiger charge is 2.23. The molecule has 0 amide bonds. The van der Waals surface area contributed by atoms with Crippen molar-refractivity contribution >= 4 is 10.8 Å². The van der Waals surface area contributed by atoms with Crippen molar-refractivity contribution in [3.8, 4) is 0 Å². The predicted octanol–water partition coefficient (Wildman–Crippen LogP) is 0.686. The van der Waals surface area contributed by atoms with Crippen LogP contribution in [0.5, 0.6) is 0 Å². The molecule has 0 bridgehead atoms. The first-order valence-corrected chi connectivity index (χ1v) is 7.30. The molecule has 0 saturated carbocycles. The smallest absolute Gasteiger partial charge is 0.0363 e. The summed E-state index contributed by atoms with van der Waals surface area (Å²) in [6.07, 6.45) is 0. The van der Waals surface area contributed by atoms with Gasteiger partial charge in [0.1, 0.15) is 0 Å². The van der Waals surface area contributed by atoms with Crippen LogP contribution in [0.25, 0.3) is 0 Å². The molecule has 0 aromatic rings. The van der Waals surface area contributed by atoms with Crippen LogP contribution in [-0.2, 0) is 10.8 Å². The van der Waals surface area contributed by atoms with Gasteiger partial charge in [-0.15, -0.1) is 0 Å². The maximum Gasteiger partial charge on any atom is 0.0363 e. The van der Waals surface area contributed by atoms with Gasteiger partial charge in [0.25, 0.3) is 0 Å². The van der Waals surface area contributed by atoms with Crippen LogP contribution < -0.4 is 5.32 Å². The average molecular weight is 232 g/mol. The summed E-state index contributed by atoms with van der Waals surface area (Å²) in [6, 6.07) is 0. The molecule has 0 atom stereocenters. The van der Waals surface area contributed by atoms with Crippen molar-refractivity contribution in [3.05, 3.63) is 0 Å². The molecule has 1 aliphatic rings. The Morgan fingerprint density at radius 1 is 1.33 bits per heavy atom. The minimum atomic E-state index is -0.552. The summed E-state index contributed by atoms with van der Waals surface area (Å²) < 4.78 is 11.2. The van der Waals surface area contributed by atoms with E-state index in [0.29, 0.717) is 5.41 Å². The fourth-order valence-electron chi connectivity index (χ4n) is 1.96. The maximum atomic E-state index is 11.2. The average Bonchev–Trinajstić information content (AvgIpc) is 2.18. The Labute approximate surface area is 96.1 Å². The summed E-state index contributed by atoms with van der Waals surface area (Å²) in [7, 11) is -0.552. The molecule has 0 radical (unpaired) electrons. The fraction of sp³-hybridized carbons (Fsp3) is 1.00. The van der Waals surface area contributed by atoms with Crippen molar-refractivity contribution in [1.82, 2.24) is 10.2 Å². The highest BCUT2D eigenvalue weighted by Crippen LogP contribution is 2.16. The van der Waals surface area contributed by atoms with E-state index < -0.39 is 10.8 Å². The van der Waals surface area contributed by atoms with E-state index in [1.165, 1.54) is 0 Å². The van der Waals surface area contributed by atoms with E-state index in [1.807, 2.05) is 0 Å². The van der Waals surface area contributed by atoms with E-state index in [9.17, 15) is 4.21 Å². The van der Waals surface area contributed by atoms with Gasteiger partial charge in [0.15, 0.2) is 0 Å². The largest absolute Gasteiger partial charge is 0.316 e. The predicted molar refractivity (Wildman–Crippen MR) is 66.6 cm³/mol. The van der Waals surface area contributed by atoms with Crippen LogP contribution in [0.4, 0.5) is 0 Å². The van der Waals surface area contributed by atoms with Gasteiger partial charge in [-0.2, -0.15) is 0 Å². The van der Waals surface area contributed by atoms with Crippen molar-refractivity contribution in [3.63, 3.8) is 0 Å². The van der Waals surface area contributed by atoms with Crippen molar-refractivity contribution < 1.29 is 4.21 Å². The third kappa shape index (κ3) is 5.09. The molecule has 1 saturated heterocycles. The Morgan fingerprint density at radius 3 is 2.47 bits per heavy atom. The summed E-state index contributed by atoms with van der Waals surface area (Å²) in [5, 5.41) is 3.40. The number of nitrogens with one attached hydrogen (secondary N) is 1. The molecule has 1 aliphatic heterocycles. The van der Waals surface area contributed by atoms with Gasteiger partial charge in [-0.05, 0) is 12.0 Å². The van der Waals surface area contributed by atoms with Crippen molar-refractivity contribution in [2.45, 2.75) is 20.8 Å². The molecule has 3 nitrogen and oxygen atoms in total. The first kappa shape index (κ1) is 13.1. The quantitative estimate of drug-likeness (QED) is 0.757.